The summed E-state index contributed by atoms with van der Waals surface area (Å²) >= 11 is 0. The van der Waals surface area contributed by atoms with Gasteiger partial charge in [0.05, 0.1) is 0 Å². The van der Waals surface area contributed by atoms with Crippen molar-refractivity contribution in [2.24, 2.45) is 0 Å². The summed E-state index contributed by atoms with van der Waals surface area (Å²) in [7, 11) is 2.09. The van der Waals surface area contributed by atoms with Crippen LogP contribution in [0.4, 0.5) is 0 Å². The van der Waals surface area contributed by atoms with Crippen LogP contribution >= 0.6 is 0 Å². The zero-order valence-electron chi connectivity index (χ0n) is 11.7. The largest absolute Gasteiger partial charge is 0.454 e. The van der Waals surface area contributed by atoms with Crippen LogP contribution in [0, 0.1) is 0 Å². The van der Waals surface area contributed by atoms with Gasteiger partial charge in [0.15, 0.2) is 11.5 Å². The standard InChI is InChI=1S/C15H20N2O3/c1-17-6-2-3-12(17)8-15(18)16-9-11-4-5-13-14(7-11)20-10-19-13/h4-5,7,12H,2-3,6,8-10H2,1H3,(H,16,18). The summed E-state index contributed by atoms with van der Waals surface area (Å²) < 4.78 is 10.6. The average Bonchev–Trinajstić information content (AvgIpc) is 3.05. The summed E-state index contributed by atoms with van der Waals surface area (Å²) in [5, 5.41) is 2.98. The first-order valence-corrected chi connectivity index (χ1v) is 7.08. The van der Waals surface area contributed by atoms with Crippen molar-refractivity contribution < 1.29 is 14.3 Å². The van der Waals surface area contributed by atoms with E-state index in [1.807, 2.05) is 18.2 Å². The van der Waals surface area contributed by atoms with Crippen molar-refractivity contribution in [1.29, 1.82) is 0 Å². The van der Waals surface area contributed by atoms with Crippen molar-refractivity contribution in [3.63, 3.8) is 0 Å². The number of benzene rings is 1. The number of nitrogens with zero attached hydrogens (tertiary/aromatic N) is 1. The van der Waals surface area contributed by atoms with E-state index < -0.39 is 0 Å². The molecule has 0 saturated carbocycles. The predicted octanol–water partition coefficient (Wildman–Crippen LogP) is 1.52. The van der Waals surface area contributed by atoms with Gasteiger partial charge in [-0.1, -0.05) is 6.07 Å². The number of carbonyl (C=O) groups is 1. The van der Waals surface area contributed by atoms with E-state index in [2.05, 4.69) is 17.3 Å². The van der Waals surface area contributed by atoms with Crippen LogP contribution in [0.2, 0.25) is 0 Å². The monoisotopic (exact) mass is 276 g/mol. The van der Waals surface area contributed by atoms with Crippen LogP contribution in [0.25, 0.3) is 0 Å². The highest BCUT2D eigenvalue weighted by atomic mass is 16.7. The molecule has 1 saturated heterocycles. The first kappa shape index (κ1) is 13.2. The smallest absolute Gasteiger partial charge is 0.231 e. The summed E-state index contributed by atoms with van der Waals surface area (Å²) in [6.45, 7) is 1.91. The maximum atomic E-state index is 12.0. The maximum Gasteiger partial charge on any atom is 0.231 e. The molecule has 108 valence electrons. The van der Waals surface area contributed by atoms with Gasteiger partial charge in [0.25, 0.3) is 0 Å². The van der Waals surface area contributed by atoms with Crippen LogP contribution in [0.1, 0.15) is 24.8 Å². The highest BCUT2D eigenvalue weighted by Gasteiger charge is 2.23. The van der Waals surface area contributed by atoms with Crippen LogP contribution in [-0.4, -0.2) is 37.2 Å². The van der Waals surface area contributed by atoms with Gasteiger partial charge in [0.1, 0.15) is 0 Å². The first-order chi connectivity index (χ1) is 9.72. The van der Waals surface area contributed by atoms with Gasteiger partial charge in [-0.05, 0) is 44.1 Å². The molecule has 5 heteroatoms. The number of rotatable bonds is 4. The molecule has 1 amide bonds. The second kappa shape index (κ2) is 5.71. The van der Waals surface area contributed by atoms with E-state index in [4.69, 9.17) is 9.47 Å². The first-order valence-electron chi connectivity index (χ1n) is 7.08. The molecule has 1 N–H and O–H groups in total. The Bertz CT molecular complexity index is 504. The van der Waals surface area contributed by atoms with E-state index in [9.17, 15) is 4.79 Å². The fraction of sp³-hybridized carbons (Fsp3) is 0.533. The van der Waals surface area contributed by atoms with E-state index in [1.165, 1.54) is 6.42 Å². The lowest BCUT2D eigenvalue weighted by Crippen LogP contribution is -2.32. The number of amides is 1. The lowest BCUT2D eigenvalue weighted by molar-refractivity contribution is -0.122. The van der Waals surface area contributed by atoms with Crippen LogP contribution in [-0.2, 0) is 11.3 Å². The zero-order valence-corrected chi connectivity index (χ0v) is 11.7. The highest BCUT2D eigenvalue weighted by Crippen LogP contribution is 2.32. The highest BCUT2D eigenvalue weighted by molar-refractivity contribution is 5.76. The molecule has 5 nitrogen and oxygen atoms in total. The van der Waals surface area contributed by atoms with Crippen LogP contribution < -0.4 is 14.8 Å². The molecule has 1 unspecified atom stereocenters. The number of hydrogen-bond donors (Lipinski definition) is 1. The molecule has 0 aromatic heterocycles. The van der Waals surface area contributed by atoms with Gasteiger partial charge in [0.2, 0.25) is 12.7 Å². The van der Waals surface area contributed by atoms with Crippen molar-refractivity contribution >= 4 is 5.91 Å². The van der Waals surface area contributed by atoms with E-state index in [-0.39, 0.29) is 12.7 Å². The Hall–Kier alpha value is -1.75. The molecule has 1 aromatic carbocycles. The minimum Gasteiger partial charge on any atom is -0.454 e. The Balaban J connectivity index is 1.50. The summed E-state index contributed by atoms with van der Waals surface area (Å²) in [5.74, 6) is 1.64. The average molecular weight is 276 g/mol. The Labute approximate surface area is 118 Å². The minimum absolute atomic E-state index is 0.112. The molecule has 0 spiro atoms. The van der Waals surface area contributed by atoms with Crippen LogP contribution in [0.3, 0.4) is 0 Å². The Kier molecular flexibility index (Phi) is 3.78. The number of fused-ring (bicyclic) bond motifs is 1. The van der Waals surface area contributed by atoms with E-state index in [0.29, 0.717) is 19.0 Å². The van der Waals surface area contributed by atoms with Crippen molar-refractivity contribution in [2.45, 2.75) is 31.8 Å². The van der Waals surface area contributed by atoms with Gasteiger partial charge in [-0.2, -0.15) is 0 Å². The molecule has 3 rings (SSSR count). The zero-order chi connectivity index (χ0) is 13.9. The third-order valence-electron chi connectivity index (χ3n) is 4.02. The topological polar surface area (TPSA) is 50.8 Å². The Morgan fingerprint density at radius 1 is 1.40 bits per heavy atom. The molecule has 1 atom stereocenters. The van der Waals surface area contributed by atoms with Crippen molar-refractivity contribution in [3.05, 3.63) is 23.8 Å². The molecule has 20 heavy (non-hydrogen) atoms. The summed E-state index contributed by atoms with van der Waals surface area (Å²) in [6.07, 6.45) is 2.89. The quantitative estimate of drug-likeness (QED) is 0.906. The van der Waals surface area contributed by atoms with Gasteiger partial charge in [-0.15, -0.1) is 0 Å². The number of hydrogen-bond acceptors (Lipinski definition) is 4. The van der Waals surface area contributed by atoms with E-state index in [1.54, 1.807) is 0 Å². The third-order valence-corrected chi connectivity index (χ3v) is 4.02. The molecule has 2 heterocycles. The molecule has 1 fully saturated rings. The Morgan fingerprint density at radius 3 is 3.05 bits per heavy atom. The molecule has 0 radical (unpaired) electrons. The van der Waals surface area contributed by atoms with Gasteiger partial charge in [-0.25, -0.2) is 0 Å². The molecule has 1 aromatic rings. The summed E-state index contributed by atoms with van der Waals surface area (Å²) in [6, 6.07) is 6.15. The number of nitrogens with one attached hydrogen (secondary N) is 1. The molecular formula is C15H20N2O3. The van der Waals surface area contributed by atoms with E-state index in [0.717, 1.165) is 30.0 Å². The SMILES string of the molecule is CN1CCCC1CC(=O)NCc1ccc2c(c1)OCO2. The lowest BCUT2D eigenvalue weighted by atomic mass is 10.1. The molecule has 2 aliphatic heterocycles. The Morgan fingerprint density at radius 2 is 2.25 bits per heavy atom. The maximum absolute atomic E-state index is 12.0. The van der Waals surface area contributed by atoms with Gasteiger partial charge in [-0.3, -0.25) is 4.79 Å². The van der Waals surface area contributed by atoms with Crippen molar-refractivity contribution in [2.75, 3.05) is 20.4 Å². The van der Waals surface area contributed by atoms with Gasteiger partial charge < -0.3 is 19.7 Å². The fourth-order valence-electron chi connectivity index (χ4n) is 2.77. The van der Waals surface area contributed by atoms with Crippen LogP contribution in [0.15, 0.2) is 18.2 Å². The molecular weight excluding hydrogens is 256 g/mol. The van der Waals surface area contributed by atoms with E-state index >= 15 is 0 Å². The van der Waals surface area contributed by atoms with Gasteiger partial charge >= 0.3 is 0 Å². The molecule has 0 bridgehead atoms. The molecule has 0 aliphatic carbocycles. The second-order valence-corrected chi connectivity index (χ2v) is 5.45. The van der Waals surface area contributed by atoms with Crippen LogP contribution in [0.5, 0.6) is 11.5 Å². The third kappa shape index (κ3) is 2.88. The normalized spacial score (nSPS) is 21.1. The van der Waals surface area contributed by atoms with Gasteiger partial charge in [0, 0.05) is 19.0 Å². The van der Waals surface area contributed by atoms with Crippen molar-refractivity contribution in [3.8, 4) is 11.5 Å². The number of ether oxygens (including phenoxy) is 2. The fourth-order valence-corrected chi connectivity index (χ4v) is 2.77. The lowest BCUT2D eigenvalue weighted by Gasteiger charge is -2.18. The number of likely N-dealkylation sites (tertiary alicyclic amines) is 1. The summed E-state index contributed by atoms with van der Waals surface area (Å²) in [5.41, 5.74) is 1.03. The van der Waals surface area contributed by atoms with Crippen molar-refractivity contribution in [1.82, 2.24) is 10.2 Å². The summed E-state index contributed by atoms with van der Waals surface area (Å²) in [4.78, 5) is 14.2. The molecule has 2 aliphatic rings. The number of carbonyl (C=O) groups excluding carboxylic acids is 1. The second-order valence-electron chi connectivity index (χ2n) is 5.45. The minimum atomic E-state index is 0.112. The predicted molar refractivity (Wildman–Crippen MR) is 74.7 cm³/mol.